The van der Waals surface area contributed by atoms with Gasteiger partial charge >= 0.3 is 0 Å². The fourth-order valence-corrected chi connectivity index (χ4v) is 6.95. The Morgan fingerprint density at radius 3 is 1.95 bits per heavy atom. The Hall–Kier alpha value is -0.500. The van der Waals surface area contributed by atoms with Gasteiger partial charge in [-0.3, -0.25) is 0 Å². The second kappa shape index (κ2) is 5.95. The van der Waals surface area contributed by atoms with Crippen molar-refractivity contribution in [3.63, 3.8) is 0 Å². The Labute approximate surface area is 134 Å². The number of nitrogens with two attached hydrogens (primary N) is 1. The van der Waals surface area contributed by atoms with Crippen molar-refractivity contribution in [2.24, 2.45) is 16.6 Å². The Bertz CT molecular complexity index is 489. The number of allylic oxidation sites excluding steroid dienone is 3. The van der Waals surface area contributed by atoms with Crippen molar-refractivity contribution in [1.82, 2.24) is 0 Å². The predicted molar refractivity (Wildman–Crippen MR) is 98.7 cm³/mol. The molecule has 1 aliphatic carbocycles. The Kier molecular flexibility index (Phi) is 4.78. The van der Waals surface area contributed by atoms with Gasteiger partial charge in [0.15, 0.2) is 0 Å². The number of hydrogen-bond acceptors (Lipinski definition) is 1. The number of hydrogen-bond donors (Lipinski definition) is 1. The molecule has 1 fully saturated rings. The fraction of sp³-hybridized carbons (Fsp3) is 0.737. The Morgan fingerprint density at radius 2 is 1.48 bits per heavy atom. The van der Waals surface area contributed by atoms with E-state index in [0.29, 0.717) is 0 Å². The van der Waals surface area contributed by atoms with Crippen LogP contribution in [-0.4, -0.2) is 10.1 Å². The zero-order valence-corrected chi connectivity index (χ0v) is 15.6. The molecule has 1 atom stereocenters. The molecule has 21 heavy (non-hydrogen) atoms. The van der Waals surface area contributed by atoms with Gasteiger partial charge in [0.05, 0.1) is 0 Å². The standard InChI is InChI=1S/C19H33NS/c1-18(2,3)16-12-14(20)13-17(19(4,5)6)21(16)15-10-8-7-9-11-15/h12-13,15H,7-11,20H2,1-6H3. The van der Waals surface area contributed by atoms with Crippen molar-refractivity contribution in [2.75, 3.05) is 0 Å². The average molecular weight is 308 g/mol. The molecule has 0 bridgehead atoms. The maximum Gasteiger partial charge on any atom is 0.0329 e. The molecule has 2 N–H and O–H groups in total. The normalized spacial score (nSPS) is 25.6. The molecule has 0 aromatic carbocycles. The Balaban J connectivity index is 2.59. The zero-order chi connectivity index (χ0) is 15.8. The van der Waals surface area contributed by atoms with Crippen molar-refractivity contribution in [3.05, 3.63) is 22.8 Å². The van der Waals surface area contributed by atoms with Crippen LogP contribution in [-0.2, 0) is 0 Å². The third-order valence-electron chi connectivity index (χ3n) is 4.43. The molecule has 120 valence electrons. The van der Waals surface area contributed by atoms with Crippen molar-refractivity contribution in [3.8, 4) is 0 Å². The van der Waals surface area contributed by atoms with Gasteiger partial charge in [-0.1, -0.05) is 60.8 Å². The summed E-state index contributed by atoms with van der Waals surface area (Å²) >= 11 is 0. The molecular weight excluding hydrogens is 274 g/mol. The zero-order valence-electron chi connectivity index (χ0n) is 14.8. The molecule has 2 aliphatic rings. The molecule has 1 aliphatic heterocycles. The van der Waals surface area contributed by atoms with E-state index in [-0.39, 0.29) is 21.3 Å². The summed E-state index contributed by atoms with van der Waals surface area (Å²) in [5, 5.41) is 0.836. The summed E-state index contributed by atoms with van der Waals surface area (Å²) in [5.74, 6) is 0. The molecule has 1 heterocycles. The SMILES string of the molecule is CC(C)(C)C1=CC(N)=CC(C(C)(C)C)=S1C1CCCCC1. The van der Waals surface area contributed by atoms with E-state index in [1.165, 1.54) is 32.1 Å². The van der Waals surface area contributed by atoms with E-state index < -0.39 is 0 Å². The molecule has 0 radical (unpaired) electrons. The van der Waals surface area contributed by atoms with E-state index in [4.69, 9.17) is 5.73 Å². The Morgan fingerprint density at radius 1 is 0.905 bits per heavy atom. The third-order valence-corrected chi connectivity index (χ3v) is 7.98. The van der Waals surface area contributed by atoms with Crippen LogP contribution < -0.4 is 5.73 Å². The van der Waals surface area contributed by atoms with Crippen molar-refractivity contribution < 1.29 is 0 Å². The smallest absolute Gasteiger partial charge is 0.0329 e. The third kappa shape index (κ3) is 3.83. The van der Waals surface area contributed by atoms with E-state index in [9.17, 15) is 0 Å². The lowest BCUT2D eigenvalue weighted by molar-refractivity contribution is 0.506. The van der Waals surface area contributed by atoms with Crippen LogP contribution >= 0.6 is 10.5 Å². The van der Waals surface area contributed by atoms with E-state index in [1.807, 2.05) is 0 Å². The largest absolute Gasteiger partial charge is 0.399 e. The molecule has 0 saturated heterocycles. The van der Waals surface area contributed by atoms with Crippen molar-refractivity contribution in [2.45, 2.75) is 78.9 Å². The first-order chi connectivity index (χ1) is 9.60. The summed E-state index contributed by atoms with van der Waals surface area (Å²) < 4.78 is 0. The van der Waals surface area contributed by atoms with Gasteiger partial charge in [-0.15, -0.1) is 0 Å². The van der Waals surface area contributed by atoms with Crippen LogP contribution in [0.1, 0.15) is 73.6 Å². The maximum atomic E-state index is 6.27. The van der Waals surface area contributed by atoms with Crippen LogP contribution in [0.25, 0.3) is 0 Å². The minimum absolute atomic E-state index is 0.204. The summed E-state index contributed by atoms with van der Waals surface area (Å²) in [4.78, 5) is 3.17. The summed E-state index contributed by atoms with van der Waals surface area (Å²) in [6.45, 7) is 14.1. The highest BCUT2D eigenvalue weighted by Gasteiger charge is 2.33. The molecular formula is C19H33NS. The van der Waals surface area contributed by atoms with E-state index in [2.05, 4.69) is 53.7 Å². The van der Waals surface area contributed by atoms with E-state index >= 15 is 0 Å². The van der Waals surface area contributed by atoms with Gasteiger partial charge in [-0.2, -0.15) is 10.5 Å². The first kappa shape index (κ1) is 16.9. The van der Waals surface area contributed by atoms with Crippen LogP contribution in [0.15, 0.2) is 22.8 Å². The lowest BCUT2D eigenvalue weighted by Gasteiger charge is -2.40. The minimum Gasteiger partial charge on any atom is -0.399 e. The first-order valence-electron chi connectivity index (χ1n) is 8.40. The van der Waals surface area contributed by atoms with Crippen molar-refractivity contribution in [1.29, 1.82) is 0 Å². The monoisotopic (exact) mass is 307 g/mol. The van der Waals surface area contributed by atoms with Crippen molar-refractivity contribution >= 4 is 15.3 Å². The van der Waals surface area contributed by atoms with Gasteiger partial charge in [-0.25, -0.2) is 0 Å². The quantitative estimate of drug-likeness (QED) is 0.628. The van der Waals surface area contributed by atoms with Gasteiger partial charge in [0.25, 0.3) is 0 Å². The topological polar surface area (TPSA) is 26.0 Å². The highest BCUT2D eigenvalue weighted by atomic mass is 32.2. The van der Waals surface area contributed by atoms with Crippen LogP contribution in [0.2, 0.25) is 0 Å². The molecule has 1 saturated carbocycles. The molecule has 1 unspecified atom stereocenters. The van der Waals surface area contributed by atoms with Gasteiger partial charge in [0.2, 0.25) is 0 Å². The summed E-state index contributed by atoms with van der Waals surface area (Å²) in [6.07, 6.45) is 11.6. The highest BCUT2D eigenvalue weighted by Crippen LogP contribution is 2.51. The molecule has 0 amide bonds. The lowest BCUT2D eigenvalue weighted by atomic mass is 9.90. The molecule has 0 spiro atoms. The average Bonchev–Trinajstić information content (AvgIpc) is 2.36. The van der Waals surface area contributed by atoms with Gasteiger partial charge in [-0.05, 0) is 45.6 Å². The molecule has 0 aromatic rings. The fourth-order valence-electron chi connectivity index (χ4n) is 3.34. The highest BCUT2D eigenvalue weighted by molar-refractivity contribution is 8.20. The second-order valence-electron chi connectivity index (χ2n) is 8.61. The van der Waals surface area contributed by atoms with E-state index in [0.717, 1.165) is 10.9 Å². The minimum atomic E-state index is 0.204. The lowest BCUT2D eigenvalue weighted by Crippen LogP contribution is -2.28. The second-order valence-corrected chi connectivity index (χ2v) is 10.8. The van der Waals surface area contributed by atoms with Gasteiger partial charge in [0.1, 0.15) is 0 Å². The predicted octanol–water partition coefficient (Wildman–Crippen LogP) is 5.59. The van der Waals surface area contributed by atoms with Crippen LogP contribution in [0.3, 0.4) is 0 Å². The van der Waals surface area contributed by atoms with Crippen LogP contribution in [0, 0.1) is 10.8 Å². The maximum absolute atomic E-state index is 6.27. The molecule has 2 rings (SSSR count). The number of rotatable bonds is 1. The molecule has 2 heteroatoms. The van der Waals surface area contributed by atoms with Gasteiger partial charge < -0.3 is 5.73 Å². The van der Waals surface area contributed by atoms with Crippen LogP contribution in [0.4, 0.5) is 0 Å². The molecule has 1 nitrogen and oxygen atoms in total. The summed E-state index contributed by atoms with van der Waals surface area (Å²) in [6, 6.07) is 0. The summed E-state index contributed by atoms with van der Waals surface area (Å²) in [5.41, 5.74) is 7.63. The summed E-state index contributed by atoms with van der Waals surface area (Å²) in [7, 11) is 0.255. The first-order valence-corrected chi connectivity index (χ1v) is 9.69. The van der Waals surface area contributed by atoms with Gasteiger partial charge in [0, 0.05) is 10.9 Å². The molecule has 0 aromatic heterocycles. The van der Waals surface area contributed by atoms with E-state index in [1.54, 1.807) is 9.77 Å². The van der Waals surface area contributed by atoms with Crippen LogP contribution in [0.5, 0.6) is 0 Å².